The van der Waals surface area contributed by atoms with Gasteiger partial charge in [0.05, 0.1) is 5.56 Å². The summed E-state index contributed by atoms with van der Waals surface area (Å²) < 4.78 is 14.9. The Labute approximate surface area is 144 Å². The largest absolute Gasteiger partial charge is 0.352 e. The van der Waals surface area contributed by atoms with Gasteiger partial charge in [-0.2, -0.15) is 0 Å². The molecule has 0 aliphatic heterocycles. The summed E-state index contributed by atoms with van der Waals surface area (Å²) >= 11 is 1.54. The second kappa shape index (κ2) is 6.97. The zero-order valence-corrected chi connectivity index (χ0v) is 14.4. The highest BCUT2D eigenvalue weighted by molar-refractivity contribution is 7.12. The number of halogens is 1. The van der Waals surface area contributed by atoms with Gasteiger partial charge in [-0.3, -0.25) is 9.36 Å². The summed E-state index contributed by atoms with van der Waals surface area (Å²) in [6, 6.07) is 8.20. The molecule has 0 unspecified atom stereocenters. The molecule has 0 fully saturated rings. The number of carbonyl (C=O) groups is 1. The maximum atomic E-state index is 12.9. The zero-order chi connectivity index (χ0) is 17.1. The molecule has 0 bridgehead atoms. The Morgan fingerprint density at radius 1 is 1.29 bits per heavy atom. The fraction of sp³-hybridized carbons (Fsp3) is 0.222. The zero-order valence-electron chi connectivity index (χ0n) is 13.5. The van der Waals surface area contributed by atoms with Crippen molar-refractivity contribution in [3.63, 3.8) is 0 Å². The molecule has 2 aromatic heterocycles. The maximum Gasteiger partial charge on any atom is 0.253 e. The first-order chi connectivity index (χ1) is 11.6. The van der Waals surface area contributed by atoms with Gasteiger partial charge in [0, 0.05) is 29.5 Å². The Kier molecular flexibility index (Phi) is 4.76. The number of thiazole rings is 1. The molecule has 0 saturated carbocycles. The van der Waals surface area contributed by atoms with Crippen molar-refractivity contribution in [2.24, 2.45) is 0 Å². The predicted octanol–water partition coefficient (Wildman–Crippen LogP) is 3.66. The Morgan fingerprint density at radius 2 is 2.04 bits per heavy atom. The van der Waals surface area contributed by atoms with Crippen LogP contribution in [0.2, 0.25) is 0 Å². The second-order valence-corrected chi connectivity index (χ2v) is 6.44. The lowest BCUT2D eigenvalue weighted by Crippen LogP contribution is -2.26. The lowest BCUT2D eigenvalue weighted by molar-refractivity contribution is 0.0953. The average molecular weight is 343 g/mol. The molecule has 6 heteroatoms. The monoisotopic (exact) mass is 343 g/mol. The van der Waals surface area contributed by atoms with Crippen LogP contribution in [0.15, 0.2) is 41.9 Å². The molecule has 1 amide bonds. The van der Waals surface area contributed by atoms with E-state index < -0.39 is 0 Å². The molecule has 24 heavy (non-hydrogen) atoms. The SMILES string of the molecule is Cc1cc(C(=O)NCCc2ccc(F)cc2)c(C)n1-c1nccs1. The highest BCUT2D eigenvalue weighted by Crippen LogP contribution is 2.22. The van der Waals surface area contributed by atoms with E-state index in [9.17, 15) is 9.18 Å². The second-order valence-electron chi connectivity index (χ2n) is 5.57. The molecular formula is C18H18FN3OS. The normalized spacial score (nSPS) is 10.8. The molecule has 0 spiro atoms. The van der Waals surface area contributed by atoms with Crippen LogP contribution in [0.1, 0.15) is 27.3 Å². The van der Waals surface area contributed by atoms with Gasteiger partial charge in [0.2, 0.25) is 0 Å². The molecule has 4 nitrogen and oxygen atoms in total. The number of aromatic nitrogens is 2. The lowest BCUT2D eigenvalue weighted by Gasteiger charge is -2.07. The van der Waals surface area contributed by atoms with Crippen molar-refractivity contribution in [2.45, 2.75) is 20.3 Å². The molecule has 3 aromatic rings. The van der Waals surface area contributed by atoms with E-state index in [1.165, 1.54) is 23.5 Å². The van der Waals surface area contributed by atoms with E-state index in [0.717, 1.165) is 22.1 Å². The van der Waals surface area contributed by atoms with E-state index in [4.69, 9.17) is 0 Å². The number of nitrogens with zero attached hydrogens (tertiary/aromatic N) is 2. The third-order valence-electron chi connectivity index (χ3n) is 3.90. The van der Waals surface area contributed by atoms with Gasteiger partial charge in [-0.05, 0) is 44.0 Å². The van der Waals surface area contributed by atoms with Crippen molar-refractivity contribution in [1.29, 1.82) is 0 Å². The number of rotatable bonds is 5. The molecule has 2 heterocycles. The fourth-order valence-electron chi connectivity index (χ4n) is 2.68. The van der Waals surface area contributed by atoms with E-state index in [1.807, 2.05) is 29.9 Å². The summed E-state index contributed by atoms with van der Waals surface area (Å²) in [5, 5.41) is 5.70. The van der Waals surface area contributed by atoms with Crippen LogP contribution in [0.5, 0.6) is 0 Å². The molecule has 0 radical (unpaired) electrons. The first-order valence-corrected chi connectivity index (χ1v) is 8.55. The number of aryl methyl sites for hydroxylation is 1. The summed E-state index contributed by atoms with van der Waals surface area (Å²) in [6.07, 6.45) is 2.42. The third-order valence-corrected chi connectivity index (χ3v) is 4.66. The van der Waals surface area contributed by atoms with Gasteiger partial charge in [-0.25, -0.2) is 9.37 Å². The van der Waals surface area contributed by atoms with E-state index in [2.05, 4.69) is 10.3 Å². The van der Waals surface area contributed by atoms with Gasteiger partial charge in [0.15, 0.2) is 5.13 Å². The summed E-state index contributed by atoms with van der Waals surface area (Å²) in [5.41, 5.74) is 3.50. The van der Waals surface area contributed by atoms with E-state index in [0.29, 0.717) is 18.5 Å². The van der Waals surface area contributed by atoms with Gasteiger partial charge in [0.25, 0.3) is 5.91 Å². The summed E-state index contributed by atoms with van der Waals surface area (Å²) in [4.78, 5) is 16.8. The molecule has 1 aromatic carbocycles. The van der Waals surface area contributed by atoms with Gasteiger partial charge in [-0.15, -0.1) is 11.3 Å². The van der Waals surface area contributed by atoms with Crippen LogP contribution in [0.3, 0.4) is 0 Å². The quantitative estimate of drug-likeness (QED) is 0.768. The molecule has 0 aliphatic rings. The number of amides is 1. The minimum absolute atomic E-state index is 0.104. The molecule has 3 rings (SSSR count). The van der Waals surface area contributed by atoms with Crippen molar-refractivity contribution in [3.8, 4) is 5.13 Å². The highest BCUT2D eigenvalue weighted by Gasteiger charge is 2.17. The van der Waals surface area contributed by atoms with E-state index in [-0.39, 0.29) is 11.7 Å². The standard InChI is InChI=1S/C18H18FN3OS/c1-12-11-16(13(2)22(12)18-21-9-10-24-18)17(23)20-8-7-14-3-5-15(19)6-4-14/h3-6,9-11H,7-8H2,1-2H3,(H,20,23). The Balaban J connectivity index is 1.67. The fourth-order valence-corrected chi connectivity index (χ4v) is 3.43. The summed E-state index contributed by atoms with van der Waals surface area (Å²) in [7, 11) is 0. The minimum atomic E-state index is -0.252. The first-order valence-electron chi connectivity index (χ1n) is 7.67. The molecule has 1 N–H and O–H groups in total. The Morgan fingerprint density at radius 3 is 2.71 bits per heavy atom. The minimum Gasteiger partial charge on any atom is -0.352 e. The van der Waals surface area contributed by atoms with Crippen LogP contribution >= 0.6 is 11.3 Å². The number of hydrogen-bond donors (Lipinski definition) is 1. The first kappa shape index (κ1) is 16.4. The van der Waals surface area contributed by atoms with Gasteiger partial charge in [-0.1, -0.05) is 12.1 Å². The van der Waals surface area contributed by atoms with Gasteiger partial charge >= 0.3 is 0 Å². The lowest BCUT2D eigenvalue weighted by atomic mass is 10.1. The van der Waals surface area contributed by atoms with Crippen molar-refractivity contribution in [2.75, 3.05) is 6.54 Å². The summed E-state index contributed by atoms with van der Waals surface area (Å²) in [6.45, 7) is 4.39. The molecule has 0 saturated heterocycles. The maximum absolute atomic E-state index is 12.9. The van der Waals surface area contributed by atoms with Crippen molar-refractivity contribution in [1.82, 2.24) is 14.9 Å². The van der Waals surface area contributed by atoms with Gasteiger partial charge in [0.1, 0.15) is 5.82 Å². The topological polar surface area (TPSA) is 46.9 Å². The van der Waals surface area contributed by atoms with E-state index in [1.54, 1.807) is 18.3 Å². The van der Waals surface area contributed by atoms with Crippen LogP contribution in [0.25, 0.3) is 5.13 Å². The molecule has 124 valence electrons. The number of benzene rings is 1. The number of nitrogens with one attached hydrogen (secondary N) is 1. The van der Waals surface area contributed by atoms with Crippen molar-refractivity contribution >= 4 is 17.2 Å². The predicted molar refractivity (Wildman–Crippen MR) is 93.4 cm³/mol. The van der Waals surface area contributed by atoms with E-state index >= 15 is 0 Å². The molecular weight excluding hydrogens is 325 g/mol. The van der Waals surface area contributed by atoms with Crippen LogP contribution in [-0.2, 0) is 6.42 Å². The highest BCUT2D eigenvalue weighted by atomic mass is 32.1. The van der Waals surface area contributed by atoms with Crippen LogP contribution in [0.4, 0.5) is 4.39 Å². The summed E-state index contributed by atoms with van der Waals surface area (Å²) in [5.74, 6) is -0.356. The number of hydrogen-bond acceptors (Lipinski definition) is 3. The van der Waals surface area contributed by atoms with Crippen LogP contribution < -0.4 is 5.32 Å². The third kappa shape index (κ3) is 3.38. The average Bonchev–Trinajstić information content (AvgIpc) is 3.17. The molecule has 0 aliphatic carbocycles. The van der Waals surface area contributed by atoms with Gasteiger partial charge < -0.3 is 5.32 Å². The van der Waals surface area contributed by atoms with Crippen molar-refractivity contribution in [3.05, 3.63) is 70.2 Å². The smallest absolute Gasteiger partial charge is 0.253 e. The Bertz CT molecular complexity index is 838. The number of carbonyl (C=O) groups excluding carboxylic acids is 1. The van der Waals surface area contributed by atoms with Crippen LogP contribution in [0, 0.1) is 19.7 Å². The molecule has 0 atom stereocenters. The Hall–Kier alpha value is -2.47. The van der Waals surface area contributed by atoms with Crippen LogP contribution in [-0.4, -0.2) is 22.0 Å². The van der Waals surface area contributed by atoms with Crippen molar-refractivity contribution < 1.29 is 9.18 Å².